The molecular weight excluding hydrogens is 569 g/mol. The van der Waals surface area contributed by atoms with Crippen LogP contribution in [0.2, 0.25) is 0 Å². The van der Waals surface area contributed by atoms with Crippen molar-refractivity contribution in [1.29, 1.82) is 5.26 Å². The van der Waals surface area contributed by atoms with Crippen LogP contribution in [0.1, 0.15) is 78.0 Å². The third kappa shape index (κ3) is 6.06. The Morgan fingerprint density at radius 3 is 2.55 bits per heavy atom. The SMILES string of the molecule is CC.CC.C[C@H]1C2CC(C#N)N(C(=O)CNCCC3(/C(N)=N/NN)c4ccsc4CCc4sc(C(=O)N(C)C)cc43)C21. The predicted molar refractivity (Wildman–Crippen MR) is 171 cm³/mol. The van der Waals surface area contributed by atoms with Crippen molar-refractivity contribution in [2.24, 2.45) is 28.5 Å². The number of hydrazine groups is 1. The summed E-state index contributed by atoms with van der Waals surface area (Å²) in [6.07, 6.45) is 2.94. The Labute approximate surface area is 258 Å². The van der Waals surface area contributed by atoms with Gasteiger partial charge in [0, 0.05) is 29.9 Å². The highest BCUT2D eigenvalue weighted by Crippen LogP contribution is 2.53. The summed E-state index contributed by atoms with van der Waals surface area (Å²) < 4.78 is 0. The zero-order valence-electron chi connectivity index (χ0n) is 25.9. The molecule has 4 unspecified atom stereocenters. The van der Waals surface area contributed by atoms with Crippen LogP contribution in [0.3, 0.4) is 0 Å². The molecule has 2 aromatic heterocycles. The van der Waals surface area contributed by atoms with E-state index in [1.54, 1.807) is 35.2 Å². The Morgan fingerprint density at radius 1 is 1.21 bits per heavy atom. The van der Waals surface area contributed by atoms with E-state index in [1.165, 1.54) is 16.2 Å². The number of aryl methyl sites for hydroxylation is 2. The van der Waals surface area contributed by atoms with Crippen LogP contribution in [0.15, 0.2) is 22.6 Å². The number of nitrogens with one attached hydrogen (secondary N) is 2. The fraction of sp³-hybridized carbons (Fsp3) is 0.600. The molecule has 2 fully saturated rings. The number of likely N-dealkylation sites (tertiary alicyclic amines) is 1. The second kappa shape index (κ2) is 14.5. The average Bonchev–Trinajstić information content (AvgIpc) is 3.44. The van der Waals surface area contributed by atoms with E-state index in [0.717, 1.165) is 35.3 Å². The van der Waals surface area contributed by atoms with Crippen LogP contribution in [0.5, 0.6) is 0 Å². The number of hydrogen-bond acceptors (Lipinski definition) is 9. The number of rotatable bonds is 8. The molecule has 0 aromatic carbocycles. The zero-order chi connectivity index (χ0) is 31.2. The zero-order valence-corrected chi connectivity index (χ0v) is 27.5. The number of hydrazone groups is 1. The van der Waals surface area contributed by atoms with Gasteiger partial charge >= 0.3 is 0 Å². The van der Waals surface area contributed by atoms with Crippen LogP contribution >= 0.6 is 22.7 Å². The summed E-state index contributed by atoms with van der Waals surface area (Å²) in [7, 11) is 3.49. The maximum Gasteiger partial charge on any atom is 0.263 e. The van der Waals surface area contributed by atoms with Crippen LogP contribution in [0.25, 0.3) is 0 Å². The third-order valence-electron chi connectivity index (χ3n) is 8.35. The van der Waals surface area contributed by atoms with Gasteiger partial charge in [-0.3, -0.25) is 9.59 Å². The monoisotopic (exact) mass is 614 g/mol. The van der Waals surface area contributed by atoms with E-state index < -0.39 is 5.41 Å². The molecule has 0 bridgehead atoms. The first-order valence-corrected chi connectivity index (χ1v) is 16.6. The molecule has 6 N–H and O–H groups in total. The van der Waals surface area contributed by atoms with Gasteiger partial charge in [-0.05, 0) is 72.7 Å². The highest BCUT2D eigenvalue weighted by molar-refractivity contribution is 7.14. The summed E-state index contributed by atoms with van der Waals surface area (Å²) in [5.74, 6) is 6.73. The smallest absolute Gasteiger partial charge is 0.263 e. The molecule has 42 heavy (non-hydrogen) atoms. The van der Waals surface area contributed by atoms with Gasteiger partial charge in [-0.1, -0.05) is 34.6 Å². The third-order valence-corrected chi connectivity index (χ3v) is 10.5. The number of nitriles is 1. The molecule has 1 saturated carbocycles. The number of carbonyl (C=O) groups is 2. The molecule has 0 radical (unpaired) electrons. The Hall–Kier alpha value is -2.98. The van der Waals surface area contributed by atoms with Gasteiger partial charge in [0.15, 0.2) is 0 Å². The Morgan fingerprint density at radius 2 is 1.90 bits per heavy atom. The van der Waals surface area contributed by atoms with Gasteiger partial charge in [0.1, 0.15) is 11.9 Å². The first-order valence-electron chi connectivity index (χ1n) is 14.9. The van der Waals surface area contributed by atoms with Gasteiger partial charge < -0.3 is 20.9 Å². The molecule has 3 aliphatic rings. The first-order chi connectivity index (χ1) is 20.2. The Balaban J connectivity index is 0.00000116. The summed E-state index contributed by atoms with van der Waals surface area (Å²) >= 11 is 3.19. The van der Waals surface area contributed by atoms with Gasteiger partial charge in [0.05, 0.1) is 22.9 Å². The van der Waals surface area contributed by atoms with Gasteiger partial charge in [-0.2, -0.15) is 10.4 Å². The number of nitrogens with two attached hydrogens (primary N) is 2. The van der Waals surface area contributed by atoms with Crippen molar-refractivity contribution in [1.82, 2.24) is 20.7 Å². The van der Waals surface area contributed by atoms with E-state index in [9.17, 15) is 14.9 Å². The lowest BCUT2D eigenvalue weighted by Gasteiger charge is -2.34. The number of amidine groups is 1. The minimum Gasteiger partial charge on any atom is -0.385 e. The molecule has 2 aromatic rings. The fourth-order valence-corrected chi connectivity index (χ4v) is 8.58. The Bertz CT molecular complexity index is 1310. The number of fused-ring (bicyclic) bond motifs is 3. The lowest BCUT2D eigenvalue weighted by Crippen LogP contribution is -2.47. The molecule has 230 valence electrons. The lowest BCUT2D eigenvalue weighted by atomic mass is 9.71. The molecule has 2 amide bonds. The predicted octanol–water partition coefficient (Wildman–Crippen LogP) is 3.42. The molecule has 12 heteroatoms. The van der Waals surface area contributed by atoms with E-state index in [-0.39, 0.29) is 30.4 Å². The van der Waals surface area contributed by atoms with E-state index in [4.69, 9.17) is 11.6 Å². The van der Waals surface area contributed by atoms with Crippen molar-refractivity contribution >= 4 is 40.3 Å². The number of hydrogen-bond donors (Lipinski definition) is 4. The molecule has 0 spiro atoms. The molecule has 5 rings (SSSR count). The topological polar surface area (TPSA) is 153 Å². The maximum atomic E-state index is 13.1. The molecular formula is C30H46N8O2S2. The highest BCUT2D eigenvalue weighted by atomic mass is 32.1. The van der Waals surface area contributed by atoms with Crippen molar-refractivity contribution in [3.8, 4) is 6.07 Å². The number of thiophene rings is 2. The standard InChI is InChI=1S/C26H34N8O2S2.2C2H6/c1-14-16-10-15(12-27)34(23(14)16)22(35)13-30-8-7-26(25(28)31-32-29)17-6-9-37-19(17)4-5-20-18(26)11-21(38-20)24(36)33(2)3;2*1-2/h6,9,11,14-16,23,30,32H,4-5,7-8,10,13,29H2,1-3H3,(H2,28,31);2*1-2H3/t14-,15?,16?,23?,26?;;/m0../s1. The van der Waals surface area contributed by atoms with Crippen LogP contribution < -0.4 is 22.4 Å². The molecule has 10 nitrogen and oxygen atoms in total. The summed E-state index contributed by atoms with van der Waals surface area (Å²) in [6.45, 7) is 10.8. The fourth-order valence-electron chi connectivity index (χ4n) is 6.36. The maximum absolute atomic E-state index is 13.1. The number of nitrogens with zero attached hydrogens (tertiary/aromatic N) is 4. The van der Waals surface area contributed by atoms with Gasteiger partial charge in [0.25, 0.3) is 5.91 Å². The summed E-state index contributed by atoms with van der Waals surface area (Å²) in [5.41, 5.74) is 10.3. The minimum absolute atomic E-state index is 0.0418. The van der Waals surface area contributed by atoms with Crippen molar-refractivity contribution < 1.29 is 9.59 Å². The van der Waals surface area contributed by atoms with Crippen LogP contribution in [-0.2, 0) is 23.1 Å². The van der Waals surface area contributed by atoms with Crippen molar-refractivity contribution in [2.75, 3.05) is 27.2 Å². The van der Waals surface area contributed by atoms with Crippen LogP contribution in [-0.4, -0.2) is 66.7 Å². The Kier molecular flexibility index (Phi) is 11.5. The van der Waals surface area contributed by atoms with Crippen LogP contribution in [0, 0.1) is 23.2 Å². The minimum atomic E-state index is -0.816. The molecule has 1 aliphatic heterocycles. The molecule has 2 aliphatic carbocycles. The van der Waals surface area contributed by atoms with E-state index in [2.05, 4.69) is 40.4 Å². The molecule has 1 saturated heterocycles. The van der Waals surface area contributed by atoms with Crippen LogP contribution in [0.4, 0.5) is 0 Å². The molecule has 3 heterocycles. The van der Waals surface area contributed by atoms with Crippen molar-refractivity contribution in [2.45, 2.75) is 77.8 Å². The van der Waals surface area contributed by atoms with E-state index in [1.807, 2.05) is 33.8 Å². The largest absolute Gasteiger partial charge is 0.385 e. The molecule has 5 atom stereocenters. The van der Waals surface area contributed by atoms with Gasteiger partial charge in [-0.15, -0.1) is 22.7 Å². The van der Waals surface area contributed by atoms with E-state index in [0.29, 0.717) is 35.5 Å². The van der Waals surface area contributed by atoms with E-state index >= 15 is 0 Å². The van der Waals surface area contributed by atoms with Gasteiger partial charge in [-0.25, -0.2) is 11.4 Å². The van der Waals surface area contributed by atoms with Crippen molar-refractivity contribution in [3.05, 3.63) is 43.3 Å². The summed E-state index contributed by atoms with van der Waals surface area (Å²) in [4.78, 5) is 32.3. The second-order valence-corrected chi connectivity index (χ2v) is 12.7. The quantitative estimate of drug-likeness (QED) is 0.117. The summed E-state index contributed by atoms with van der Waals surface area (Å²) in [5, 5.41) is 19.2. The average molecular weight is 615 g/mol. The highest BCUT2D eigenvalue weighted by Gasteiger charge is 2.60. The second-order valence-electron chi connectivity index (χ2n) is 10.6. The first kappa shape index (κ1) is 33.5. The lowest BCUT2D eigenvalue weighted by molar-refractivity contribution is -0.131. The normalized spacial score (nSPS) is 25.2. The van der Waals surface area contributed by atoms with Crippen molar-refractivity contribution in [3.63, 3.8) is 0 Å². The number of piperidine rings is 1. The summed E-state index contributed by atoms with van der Waals surface area (Å²) in [6, 6.07) is 6.19. The number of carbonyl (C=O) groups excluding carboxylic acids is 2. The van der Waals surface area contributed by atoms with Gasteiger partial charge in [0.2, 0.25) is 5.91 Å². The number of amides is 2.